The molecule has 3 rings (SSSR count). The van der Waals surface area contributed by atoms with E-state index < -0.39 is 0 Å². The monoisotopic (exact) mass is 306 g/mol. The molecule has 2 aromatic rings. The van der Waals surface area contributed by atoms with Gasteiger partial charge in [-0.05, 0) is 65.1 Å². The van der Waals surface area contributed by atoms with Gasteiger partial charge in [-0.15, -0.1) is 0 Å². The van der Waals surface area contributed by atoms with Gasteiger partial charge in [0.2, 0.25) is 0 Å². The third-order valence-corrected chi connectivity index (χ3v) is 5.42. The molecule has 0 N–H and O–H groups in total. The largest absolute Gasteiger partial charge is 0.0804 e. The molecule has 2 aromatic carbocycles. The van der Waals surface area contributed by atoms with Crippen molar-refractivity contribution in [2.75, 3.05) is 0 Å². The normalized spacial score (nSPS) is 18.2. The molecule has 1 unspecified atom stereocenters. The quantitative estimate of drug-likeness (QED) is 0.496. The fourth-order valence-electron chi connectivity index (χ4n) is 3.81. The van der Waals surface area contributed by atoms with Crippen molar-refractivity contribution in [2.45, 2.75) is 65.2 Å². The molecule has 1 aliphatic rings. The summed E-state index contributed by atoms with van der Waals surface area (Å²) >= 11 is 0. The minimum atomic E-state index is 0.929. The lowest BCUT2D eigenvalue weighted by molar-refractivity contribution is 0.428. The van der Waals surface area contributed by atoms with E-state index in [-0.39, 0.29) is 0 Å². The molecule has 23 heavy (non-hydrogen) atoms. The Morgan fingerprint density at radius 3 is 2.52 bits per heavy atom. The highest BCUT2D eigenvalue weighted by atomic mass is 14.2. The molecule has 122 valence electrons. The maximum absolute atomic E-state index is 2.52. The number of hydrogen-bond acceptors (Lipinski definition) is 0. The molecule has 0 nitrogen and oxygen atoms in total. The molecule has 0 radical (unpaired) electrons. The van der Waals surface area contributed by atoms with E-state index >= 15 is 0 Å². The topological polar surface area (TPSA) is 0 Å². The maximum Gasteiger partial charge on any atom is -0.0178 e. The zero-order valence-corrected chi connectivity index (χ0v) is 14.8. The predicted molar refractivity (Wildman–Crippen MR) is 103 cm³/mol. The second-order valence-corrected chi connectivity index (χ2v) is 7.12. The summed E-state index contributed by atoms with van der Waals surface area (Å²) in [6.07, 6.45) is 13.1. The SMILES string of the molecule is CCCCCC1CC=C(c2ccc3cc(CC)ccc3c2)CC1. The molecule has 0 heterocycles. The average Bonchev–Trinajstić information content (AvgIpc) is 2.61. The van der Waals surface area contributed by atoms with Crippen LogP contribution >= 0.6 is 0 Å². The maximum atomic E-state index is 2.52. The zero-order chi connectivity index (χ0) is 16.1. The van der Waals surface area contributed by atoms with E-state index in [1.54, 1.807) is 5.57 Å². The smallest absolute Gasteiger partial charge is 0.0178 e. The lowest BCUT2D eigenvalue weighted by Gasteiger charge is -2.22. The summed E-state index contributed by atoms with van der Waals surface area (Å²) in [5, 5.41) is 2.76. The summed E-state index contributed by atoms with van der Waals surface area (Å²) < 4.78 is 0. The molecule has 1 atom stereocenters. The Balaban J connectivity index is 1.71. The van der Waals surface area contributed by atoms with Gasteiger partial charge in [0.15, 0.2) is 0 Å². The molecule has 0 saturated heterocycles. The Labute approximate surface area is 141 Å². The molecule has 1 aliphatic carbocycles. The van der Waals surface area contributed by atoms with Gasteiger partial charge in [-0.3, -0.25) is 0 Å². The van der Waals surface area contributed by atoms with Crippen LogP contribution in [0.25, 0.3) is 16.3 Å². The average molecular weight is 306 g/mol. The summed E-state index contributed by atoms with van der Waals surface area (Å²) in [5.74, 6) is 0.929. The van der Waals surface area contributed by atoms with Crippen LogP contribution in [0.2, 0.25) is 0 Å². The lowest BCUT2D eigenvalue weighted by Crippen LogP contribution is -2.05. The van der Waals surface area contributed by atoms with Gasteiger partial charge in [-0.2, -0.15) is 0 Å². The minimum Gasteiger partial charge on any atom is -0.0804 e. The van der Waals surface area contributed by atoms with Gasteiger partial charge in [0.05, 0.1) is 0 Å². The van der Waals surface area contributed by atoms with Crippen molar-refractivity contribution in [3.8, 4) is 0 Å². The molecule has 0 bridgehead atoms. The fraction of sp³-hybridized carbons (Fsp3) is 0.478. The molecular weight excluding hydrogens is 276 g/mol. The van der Waals surface area contributed by atoms with Crippen LogP contribution in [0.15, 0.2) is 42.5 Å². The van der Waals surface area contributed by atoms with Gasteiger partial charge >= 0.3 is 0 Å². The summed E-state index contributed by atoms with van der Waals surface area (Å²) in [5.41, 5.74) is 4.43. The third kappa shape index (κ3) is 4.05. The van der Waals surface area contributed by atoms with Gasteiger partial charge < -0.3 is 0 Å². The lowest BCUT2D eigenvalue weighted by atomic mass is 9.83. The summed E-state index contributed by atoms with van der Waals surface area (Å²) in [7, 11) is 0. The van der Waals surface area contributed by atoms with Crippen molar-refractivity contribution in [2.24, 2.45) is 5.92 Å². The number of allylic oxidation sites excluding steroid dienone is 2. The Morgan fingerprint density at radius 2 is 1.78 bits per heavy atom. The van der Waals surface area contributed by atoms with E-state index in [1.807, 2.05) is 0 Å². The first kappa shape index (κ1) is 16.3. The number of fused-ring (bicyclic) bond motifs is 1. The zero-order valence-electron chi connectivity index (χ0n) is 14.8. The molecule has 0 amide bonds. The van der Waals surface area contributed by atoms with Crippen LogP contribution in [-0.4, -0.2) is 0 Å². The van der Waals surface area contributed by atoms with Crippen LogP contribution in [0.4, 0.5) is 0 Å². The van der Waals surface area contributed by atoms with E-state index in [4.69, 9.17) is 0 Å². The molecule has 0 spiro atoms. The van der Waals surface area contributed by atoms with Gasteiger partial charge in [0, 0.05) is 0 Å². The van der Waals surface area contributed by atoms with E-state index in [1.165, 1.54) is 66.8 Å². The highest BCUT2D eigenvalue weighted by molar-refractivity contribution is 5.87. The van der Waals surface area contributed by atoms with Crippen molar-refractivity contribution >= 4 is 16.3 Å². The van der Waals surface area contributed by atoms with Gasteiger partial charge in [0.1, 0.15) is 0 Å². The summed E-state index contributed by atoms with van der Waals surface area (Å²) in [4.78, 5) is 0. The van der Waals surface area contributed by atoms with Crippen LogP contribution < -0.4 is 0 Å². The van der Waals surface area contributed by atoms with Crippen molar-refractivity contribution in [3.63, 3.8) is 0 Å². The number of aryl methyl sites for hydroxylation is 1. The van der Waals surface area contributed by atoms with E-state index in [0.29, 0.717) is 0 Å². The molecule has 0 saturated carbocycles. The number of hydrogen-bond donors (Lipinski definition) is 0. The van der Waals surface area contributed by atoms with Crippen LogP contribution in [0.3, 0.4) is 0 Å². The van der Waals surface area contributed by atoms with Gasteiger partial charge in [0.25, 0.3) is 0 Å². The van der Waals surface area contributed by atoms with Crippen LogP contribution in [0, 0.1) is 5.92 Å². The third-order valence-electron chi connectivity index (χ3n) is 5.42. The van der Waals surface area contributed by atoms with Crippen molar-refractivity contribution in [1.29, 1.82) is 0 Å². The summed E-state index contributed by atoms with van der Waals surface area (Å²) in [6.45, 7) is 4.52. The minimum absolute atomic E-state index is 0.929. The first-order valence-electron chi connectivity index (χ1n) is 9.52. The fourth-order valence-corrected chi connectivity index (χ4v) is 3.81. The molecule has 0 aliphatic heterocycles. The number of unbranched alkanes of at least 4 members (excludes halogenated alkanes) is 2. The van der Waals surface area contributed by atoms with Crippen molar-refractivity contribution in [3.05, 3.63) is 53.6 Å². The van der Waals surface area contributed by atoms with Crippen molar-refractivity contribution in [1.82, 2.24) is 0 Å². The second kappa shape index (κ2) is 7.81. The molecule has 0 heteroatoms. The highest BCUT2D eigenvalue weighted by Crippen LogP contribution is 2.34. The Bertz CT molecular complexity index is 677. The van der Waals surface area contributed by atoms with E-state index in [0.717, 1.165) is 12.3 Å². The molecule has 0 aromatic heterocycles. The molecule has 0 fully saturated rings. The standard InChI is InChI=1S/C23H30/c1-3-5-6-7-19-9-11-20(12-10-19)22-15-14-21-16-18(4-2)8-13-23(21)17-22/h8,11,13-17,19H,3-7,9-10,12H2,1-2H3. The van der Waals surface area contributed by atoms with Gasteiger partial charge in [-0.1, -0.05) is 75.9 Å². The summed E-state index contributed by atoms with van der Waals surface area (Å²) in [6, 6.07) is 13.9. The Kier molecular flexibility index (Phi) is 5.54. The van der Waals surface area contributed by atoms with E-state index in [9.17, 15) is 0 Å². The van der Waals surface area contributed by atoms with Crippen LogP contribution in [0.1, 0.15) is 69.9 Å². The predicted octanol–water partition coefficient (Wildman–Crippen LogP) is 7.17. The van der Waals surface area contributed by atoms with Crippen LogP contribution in [0.5, 0.6) is 0 Å². The molecular formula is C23H30. The number of rotatable bonds is 6. The first-order chi connectivity index (χ1) is 11.3. The Hall–Kier alpha value is -1.56. The van der Waals surface area contributed by atoms with Crippen molar-refractivity contribution < 1.29 is 0 Å². The Morgan fingerprint density at radius 1 is 0.957 bits per heavy atom. The van der Waals surface area contributed by atoms with Gasteiger partial charge in [-0.25, -0.2) is 0 Å². The second-order valence-electron chi connectivity index (χ2n) is 7.12. The highest BCUT2D eigenvalue weighted by Gasteiger charge is 2.15. The number of benzene rings is 2. The first-order valence-corrected chi connectivity index (χ1v) is 9.52. The van der Waals surface area contributed by atoms with E-state index in [2.05, 4.69) is 56.3 Å². The van der Waals surface area contributed by atoms with Crippen LogP contribution in [-0.2, 0) is 6.42 Å².